The van der Waals surface area contributed by atoms with Crippen molar-refractivity contribution < 1.29 is 45.4 Å². The van der Waals surface area contributed by atoms with Gasteiger partial charge in [-0.1, -0.05) is 13.0 Å². The lowest BCUT2D eigenvalue weighted by Gasteiger charge is -2.32. The molecule has 2 aromatic rings. The SMILES string of the molecule is Cc1c(F)ccc([C@@H]2[C@@H](C(=O)Nc3ccnc(C(N)=O)c3)O[C@](C)(C(F)(F)F)[C@@H]2C)c1OC(F)F. The third-order valence-electron chi connectivity index (χ3n) is 6.14. The molecule has 0 spiro atoms. The maximum atomic E-state index is 14.1. The number of nitrogens with two attached hydrogens (primary N) is 1. The van der Waals surface area contributed by atoms with Gasteiger partial charge < -0.3 is 20.5 Å². The van der Waals surface area contributed by atoms with E-state index in [1.54, 1.807) is 0 Å². The van der Waals surface area contributed by atoms with Crippen LogP contribution in [0.2, 0.25) is 0 Å². The Balaban J connectivity index is 2.10. The summed E-state index contributed by atoms with van der Waals surface area (Å²) in [4.78, 5) is 28.2. The molecule has 0 unspecified atom stereocenters. The number of aromatic nitrogens is 1. The van der Waals surface area contributed by atoms with Crippen LogP contribution in [0.3, 0.4) is 0 Å². The minimum atomic E-state index is -4.95. The Morgan fingerprint density at radius 2 is 1.91 bits per heavy atom. The van der Waals surface area contributed by atoms with Gasteiger partial charge in [-0.05, 0) is 32.0 Å². The molecule has 0 radical (unpaired) electrons. The highest BCUT2D eigenvalue weighted by Crippen LogP contribution is 2.55. The quantitative estimate of drug-likeness (QED) is 0.570. The summed E-state index contributed by atoms with van der Waals surface area (Å²) in [7, 11) is 0. The van der Waals surface area contributed by atoms with Crippen LogP contribution < -0.4 is 15.8 Å². The second kappa shape index (κ2) is 9.36. The lowest BCUT2D eigenvalue weighted by Crippen LogP contribution is -2.47. The minimum Gasteiger partial charge on any atom is -0.434 e. The van der Waals surface area contributed by atoms with Crippen LogP contribution >= 0.6 is 0 Å². The number of hydrogen-bond donors (Lipinski definition) is 2. The molecule has 0 bridgehead atoms. The predicted octanol–water partition coefficient (Wildman–Crippen LogP) is 4.31. The lowest BCUT2D eigenvalue weighted by molar-refractivity contribution is -0.272. The highest BCUT2D eigenvalue weighted by molar-refractivity contribution is 5.97. The number of alkyl halides is 5. The van der Waals surface area contributed by atoms with Gasteiger partial charge in [-0.15, -0.1) is 0 Å². The molecule has 1 fully saturated rings. The van der Waals surface area contributed by atoms with Gasteiger partial charge in [0, 0.05) is 34.8 Å². The smallest absolute Gasteiger partial charge is 0.417 e. The van der Waals surface area contributed by atoms with Crippen LogP contribution in [0.25, 0.3) is 0 Å². The molecule has 1 aromatic heterocycles. The Hall–Kier alpha value is -3.35. The van der Waals surface area contributed by atoms with Crippen LogP contribution in [-0.4, -0.2) is 41.3 Å². The van der Waals surface area contributed by atoms with E-state index in [1.165, 1.54) is 6.07 Å². The number of amides is 2. The van der Waals surface area contributed by atoms with E-state index in [-0.39, 0.29) is 22.5 Å². The molecule has 1 aliphatic heterocycles. The van der Waals surface area contributed by atoms with Gasteiger partial charge in [0.05, 0.1) is 0 Å². The summed E-state index contributed by atoms with van der Waals surface area (Å²) in [5.74, 6) is -6.53. The number of primary amides is 1. The van der Waals surface area contributed by atoms with Crippen molar-refractivity contribution in [2.24, 2.45) is 11.7 Å². The van der Waals surface area contributed by atoms with E-state index in [9.17, 15) is 35.9 Å². The van der Waals surface area contributed by atoms with Crippen molar-refractivity contribution in [3.05, 3.63) is 53.1 Å². The molecule has 1 aliphatic rings. The van der Waals surface area contributed by atoms with E-state index in [1.807, 2.05) is 0 Å². The molecular formula is C22H21F6N3O4. The first-order chi connectivity index (χ1) is 16.2. The maximum Gasteiger partial charge on any atom is 0.417 e. The molecule has 2 amide bonds. The van der Waals surface area contributed by atoms with E-state index in [4.69, 9.17) is 10.5 Å². The zero-order valence-corrected chi connectivity index (χ0v) is 18.6. The first-order valence-electron chi connectivity index (χ1n) is 10.2. The highest BCUT2D eigenvalue weighted by Gasteiger charge is 2.65. The topological polar surface area (TPSA) is 104 Å². The average molecular weight is 505 g/mol. The number of nitrogens with one attached hydrogen (secondary N) is 1. The number of rotatable bonds is 6. The molecule has 7 nitrogen and oxygen atoms in total. The monoisotopic (exact) mass is 505 g/mol. The van der Waals surface area contributed by atoms with E-state index in [2.05, 4.69) is 15.0 Å². The normalized spacial score (nSPS) is 24.5. The Morgan fingerprint density at radius 1 is 1.26 bits per heavy atom. The van der Waals surface area contributed by atoms with Crippen molar-refractivity contribution >= 4 is 17.5 Å². The molecule has 1 aromatic carbocycles. The maximum absolute atomic E-state index is 14.1. The summed E-state index contributed by atoms with van der Waals surface area (Å²) >= 11 is 0. The van der Waals surface area contributed by atoms with Crippen LogP contribution in [0, 0.1) is 18.7 Å². The van der Waals surface area contributed by atoms with Gasteiger partial charge in [0.25, 0.3) is 11.8 Å². The molecule has 0 saturated carbocycles. The third-order valence-corrected chi connectivity index (χ3v) is 6.14. The molecule has 190 valence electrons. The van der Waals surface area contributed by atoms with Crippen molar-refractivity contribution in [1.82, 2.24) is 4.98 Å². The zero-order chi connectivity index (χ0) is 26.3. The first-order valence-corrected chi connectivity index (χ1v) is 10.2. The number of pyridine rings is 1. The lowest BCUT2D eigenvalue weighted by atomic mass is 9.76. The number of hydrogen-bond acceptors (Lipinski definition) is 5. The largest absolute Gasteiger partial charge is 0.434 e. The second-order valence-corrected chi connectivity index (χ2v) is 8.21. The summed E-state index contributed by atoms with van der Waals surface area (Å²) in [6.07, 6.45) is -5.66. The van der Waals surface area contributed by atoms with E-state index in [0.29, 0.717) is 0 Å². The van der Waals surface area contributed by atoms with Gasteiger partial charge >= 0.3 is 12.8 Å². The molecular weight excluding hydrogens is 484 g/mol. The number of ether oxygens (including phenoxy) is 2. The fraction of sp³-hybridized carbons (Fsp3) is 0.409. The fourth-order valence-electron chi connectivity index (χ4n) is 4.08. The second-order valence-electron chi connectivity index (χ2n) is 8.21. The van der Waals surface area contributed by atoms with Crippen LogP contribution in [0.1, 0.15) is 41.4 Å². The van der Waals surface area contributed by atoms with Crippen LogP contribution in [0.4, 0.5) is 32.0 Å². The van der Waals surface area contributed by atoms with Gasteiger partial charge in [-0.3, -0.25) is 14.6 Å². The number of benzene rings is 1. The summed E-state index contributed by atoms with van der Waals surface area (Å²) in [6, 6.07) is 4.23. The van der Waals surface area contributed by atoms with Crippen LogP contribution in [0.15, 0.2) is 30.5 Å². The van der Waals surface area contributed by atoms with Gasteiger partial charge in [0.1, 0.15) is 23.4 Å². The number of carbonyl (C=O) groups is 2. The number of halogens is 6. The summed E-state index contributed by atoms with van der Waals surface area (Å²) < 4.78 is 92.1. The number of nitrogens with zero attached hydrogens (tertiary/aromatic N) is 1. The van der Waals surface area contributed by atoms with E-state index >= 15 is 0 Å². The van der Waals surface area contributed by atoms with Gasteiger partial charge in [0.15, 0.2) is 5.60 Å². The molecule has 3 N–H and O–H groups in total. The molecule has 0 aliphatic carbocycles. The average Bonchev–Trinajstić information content (AvgIpc) is 3.04. The van der Waals surface area contributed by atoms with Gasteiger partial charge in [0.2, 0.25) is 0 Å². The van der Waals surface area contributed by atoms with Crippen LogP contribution in [0.5, 0.6) is 5.75 Å². The molecule has 3 rings (SSSR count). The Morgan fingerprint density at radius 3 is 2.49 bits per heavy atom. The van der Waals surface area contributed by atoms with Crippen molar-refractivity contribution in [3.63, 3.8) is 0 Å². The minimum absolute atomic E-state index is 0.0197. The molecule has 13 heteroatoms. The molecule has 4 atom stereocenters. The Kier molecular flexibility index (Phi) is 7.02. The summed E-state index contributed by atoms with van der Waals surface area (Å²) in [6.45, 7) is -0.401. The van der Waals surface area contributed by atoms with Gasteiger partial charge in [-0.25, -0.2) is 4.39 Å². The Bertz CT molecular complexity index is 1140. The van der Waals surface area contributed by atoms with Crippen molar-refractivity contribution in [2.75, 3.05) is 5.32 Å². The molecule has 35 heavy (non-hydrogen) atoms. The fourth-order valence-corrected chi connectivity index (χ4v) is 4.08. The number of carbonyl (C=O) groups excluding carboxylic acids is 2. The summed E-state index contributed by atoms with van der Waals surface area (Å²) in [5, 5.41) is 2.33. The Labute approximate surface area is 195 Å². The van der Waals surface area contributed by atoms with Crippen molar-refractivity contribution in [2.45, 2.75) is 51.2 Å². The van der Waals surface area contributed by atoms with Crippen molar-refractivity contribution in [1.29, 1.82) is 0 Å². The zero-order valence-electron chi connectivity index (χ0n) is 18.6. The summed E-state index contributed by atoms with van der Waals surface area (Å²) in [5.41, 5.74) is 1.43. The van der Waals surface area contributed by atoms with Crippen molar-refractivity contribution in [3.8, 4) is 5.75 Å². The van der Waals surface area contributed by atoms with E-state index < -0.39 is 59.7 Å². The molecule has 2 heterocycles. The predicted molar refractivity (Wildman–Crippen MR) is 110 cm³/mol. The standard InChI is InChI=1S/C22H21F6N3O4/c1-9-13(23)5-4-12(16(9)34-20(24)25)15-10(2)21(3,22(26,27)28)35-17(15)19(33)31-11-6-7-30-14(8-11)18(29)32/h4-8,10,15,17,20H,1-3H3,(H2,29,32)(H,30,31,33)/t10-,15-,17+,21+/m1/s1. The highest BCUT2D eigenvalue weighted by atomic mass is 19.4. The first kappa shape index (κ1) is 26.3. The molecule has 1 saturated heterocycles. The van der Waals surface area contributed by atoms with E-state index in [0.717, 1.165) is 45.2 Å². The van der Waals surface area contributed by atoms with Crippen LogP contribution in [-0.2, 0) is 9.53 Å². The number of anilines is 1. The third kappa shape index (κ3) is 4.90. The van der Waals surface area contributed by atoms with Gasteiger partial charge in [-0.2, -0.15) is 22.0 Å².